The Morgan fingerprint density at radius 1 is 0.968 bits per heavy atom. The molecule has 170 valence electrons. The Bertz CT molecular complexity index is 860. The largest absolute Gasteiger partial charge is 0.497 e. The minimum absolute atomic E-state index is 0.130. The second kappa shape index (κ2) is 7.33. The van der Waals surface area contributed by atoms with Crippen LogP contribution in [0.3, 0.4) is 0 Å². The average molecular weight is 425 g/mol. The highest BCUT2D eigenvalue weighted by Gasteiger charge is 2.61. The smallest absolute Gasteiger partial charge is 0.166 e. The number of benzene rings is 1. The van der Waals surface area contributed by atoms with Gasteiger partial charge in [-0.15, -0.1) is 0 Å². The molecule has 3 heteroatoms. The summed E-state index contributed by atoms with van der Waals surface area (Å²) < 4.78 is 5.38. The molecular formula is C28H40O3. The summed E-state index contributed by atoms with van der Waals surface area (Å²) in [4.78, 5) is 13.6. The fraction of sp³-hybridized carbons (Fsp3) is 0.750. The minimum atomic E-state index is -0.470. The van der Waals surface area contributed by atoms with Crippen molar-refractivity contribution < 1.29 is 14.6 Å². The van der Waals surface area contributed by atoms with Gasteiger partial charge < -0.3 is 9.84 Å². The van der Waals surface area contributed by atoms with Crippen molar-refractivity contribution in [3.8, 4) is 5.75 Å². The lowest BCUT2D eigenvalue weighted by Gasteiger charge is -2.61. The molecule has 0 unspecified atom stereocenters. The zero-order valence-corrected chi connectivity index (χ0v) is 19.8. The Morgan fingerprint density at radius 3 is 2.52 bits per heavy atom. The Balaban J connectivity index is 1.39. The summed E-state index contributed by atoms with van der Waals surface area (Å²) in [6, 6.07) is 7.75. The molecule has 3 nitrogen and oxygen atoms in total. The molecule has 0 heterocycles. The van der Waals surface area contributed by atoms with E-state index in [1.54, 1.807) is 7.11 Å². The van der Waals surface area contributed by atoms with Gasteiger partial charge in [-0.05, 0) is 111 Å². The number of aliphatic hydroxyl groups is 1. The van der Waals surface area contributed by atoms with Gasteiger partial charge in [-0.3, -0.25) is 4.79 Å². The van der Waals surface area contributed by atoms with E-state index >= 15 is 0 Å². The molecule has 1 aromatic carbocycles. The van der Waals surface area contributed by atoms with E-state index in [0.717, 1.165) is 42.4 Å². The summed E-state index contributed by atoms with van der Waals surface area (Å²) in [5.41, 5.74) is 0.854. The number of ketones is 1. The number of carbonyl (C=O) groups excluding carboxylic acids is 1. The molecule has 4 aliphatic carbocycles. The summed E-state index contributed by atoms with van der Waals surface area (Å²) >= 11 is 0. The Labute approximate surface area is 188 Å². The molecule has 0 radical (unpaired) electrons. The first-order chi connectivity index (χ1) is 14.7. The molecule has 4 fully saturated rings. The van der Waals surface area contributed by atoms with Crippen LogP contribution in [-0.2, 0) is 0 Å². The molecule has 5 rings (SSSR count). The van der Waals surface area contributed by atoms with Gasteiger partial charge in [0.15, 0.2) is 5.78 Å². The maximum Gasteiger partial charge on any atom is 0.166 e. The van der Waals surface area contributed by atoms with Crippen LogP contribution in [0.1, 0.15) is 88.9 Å². The van der Waals surface area contributed by atoms with Crippen molar-refractivity contribution in [3.05, 3.63) is 29.8 Å². The second-order valence-electron chi connectivity index (χ2n) is 12.1. The zero-order valence-electron chi connectivity index (χ0n) is 19.8. The predicted molar refractivity (Wildman–Crippen MR) is 123 cm³/mol. The Morgan fingerprint density at radius 2 is 1.74 bits per heavy atom. The van der Waals surface area contributed by atoms with Crippen molar-refractivity contribution in [2.45, 2.75) is 84.2 Å². The summed E-state index contributed by atoms with van der Waals surface area (Å²) in [5, 5.41) is 10.7. The van der Waals surface area contributed by atoms with Gasteiger partial charge in [0.05, 0.1) is 12.7 Å². The first kappa shape index (κ1) is 21.5. The van der Waals surface area contributed by atoms with Gasteiger partial charge in [0, 0.05) is 11.5 Å². The Hall–Kier alpha value is -1.35. The van der Waals surface area contributed by atoms with Crippen LogP contribution in [0.15, 0.2) is 24.3 Å². The van der Waals surface area contributed by atoms with Crippen LogP contribution in [0, 0.1) is 40.4 Å². The molecule has 0 aromatic heterocycles. The van der Waals surface area contributed by atoms with Crippen molar-refractivity contribution in [2.24, 2.45) is 40.4 Å². The van der Waals surface area contributed by atoms with E-state index in [-0.39, 0.29) is 11.3 Å². The number of fused-ring (bicyclic) bond motifs is 5. The summed E-state index contributed by atoms with van der Waals surface area (Å²) in [7, 11) is 1.67. The quantitative estimate of drug-likeness (QED) is 0.580. The zero-order chi connectivity index (χ0) is 22.0. The van der Waals surface area contributed by atoms with E-state index in [2.05, 4.69) is 13.8 Å². The summed E-state index contributed by atoms with van der Waals surface area (Å²) in [6.45, 7) is 7.02. The van der Waals surface area contributed by atoms with Gasteiger partial charge >= 0.3 is 0 Å². The van der Waals surface area contributed by atoms with Crippen molar-refractivity contribution in [3.63, 3.8) is 0 Å². The van der Waals surface area contributed by atoms with Crippen LogP contribution in [-0.4, -0.2) is 23.6 Å². The van der Waals surface area contributed by atoms with Gasteiger partial charge in [-0.1, -0.05) is 26.0 Å². The van der Waals surface area contributed by atoms with Crippen LogP contribution in [0.25, 0.3) is 0 Å². The van der Waals surface area contributed by atoms with Crippen LogP contribution in [0.4, 0.5) is 0 Å². The van der Waals surface area contributed by atoms with E-state index < -0.39 is 5.60 Å². The fourth-order valence-electron chi connectivity index (χ4n) is 8.84. The Kier molecular flexibility index (Phi) is 5.08. The summed E-state index contributed by atoms with van der Waals surface area (Å²) in [5.74, 6) is 4.11. The average Bonchev–Trinajstić information content (AvgIpc) is 3.11. The van der Waals surface area contributed by atoms with Crippen LogP contribution < -0.4 is 4.74 Å². The highest BCUT2D eigenvalue weighted by molar-refractivity contribution is 5.99. The molecule has 31 heavy (non-hydrogen) atoms. The van der Waals surface area contributed by atoms with Crippen molar-refractivity contribution in [1.82, 2.24) is 0 Å². The molecule has 8 atom stereocenters. The minimum Gasteiger partial charge on any atom is -0.497 e. The first-order valence-electron chi connectivity index (χ1n) is 12.6. The standard InChI is InChI=1S/C28H40O3/c1-26(30)14-15-27(2)19(17-26)8-9-21-22-10-11-24(28(22,3)13-12-23(21)27)25(29)18-6-5-7-20(16-18)31-4/h5-7,16,19,21-24,30H,8-15,17H2,1-4H3/t19-,21+,22+,23+,24-,26-,27+,28+/m1/s1. The predicted octanol–water partition coefficient (Wildman–Crippen LogP) is 6.29. The lowest BCUT2D eigenvalue weighted by molar-refractivity contribution is -0.144. The van der Waals surface area contributed by atoms with E-state index in [4.69, 9.17) is 4.74 Å². The molecule has 4 aliphatic rings. The van der Waals surface area contributed by atoms with Crippen LogP contribution >= 0.6 is 0 Å². The molecule has 1 N–H and O–H groups in total. The summed E-state index contributed by atoms with van der Waals surface area (Å²) in [6.07, 6.45) is 10.3. The van der Waals surface area contributed by atoms with Crippen LogP contribution in [0.2, 0.25) is 0 Å². The number of methoxy groups -OCH3 is 1. The van der Waals surface area contributed by atoms with Gasteiger partial charge in [0.25, 0.3) is 0 Å². The molecule has 0 amide bonds. The molecule has 0 aliphatic heterocycles. The highest BCUT2D eigenvalue weighted by atomic mass is 16.5. The number of ether oxygens (including phenoxy) is 1. The third-order valence-corrected chi connectivity index (χ3v) is 10.6. The van der Waals surface area contributed by atoms with E-state index in [1.165, 1.54) is 38.5 Å². The lowest BCUT2D eigenvalue weighted by atomic mass is 9.44. The maximum atomic E-state index is 13.6. The van der Waals surface area contributed by atoms with E-state index in [1.807, 2.05) is 31.2 Å². The number of rotatable bonds is 3. The monoisotopic (exact) mass is 424 g/mol. The third-order valence-electron chi connectivity index (χ3n) is 10.6. The first-order valence-corrected chi connectivity index (χ1v) is 12.6. The molecule has 0 spiro atoms. The number of hydrogen-bond donors (Lipinski definition) is 1. The number of hydrogen-bond acceptors (Lipinski definition) is 3. The number of Topliss-reactive ketones (excluding diaryl/α,β-unsaturated/α-hetero) is 1. The molecular weight excluding hydrogens is 384 g/mol. The fourth-order valence-corrected chi connectivity index (χ4v) is 8.84. The second-order valence-corrected chi connectivity index (χ2v) is 12.1. The van der Waals surface area contributed by atoms with Crippen molar-refractivity contribution >= 4 is 5.78 Å². The molecule has 1 aromatic rings. The van der Waals surface area contributed by atoms with Crippen molar-refractivity contribution in [2.75, 3.05) is 7.11 Å². The normalized spacial score (nSPS) is 46.5. The van der Waals surface area contributed by atoms with Gasteiger partial charge in [0.1, 0.15) is 5.75 Å². The molecule has 0 bridgehead atoms. The van der Waals surface area contributed by atoms with E-state index in [9.17, 15) is 9.90 Å². The number of carbonyl (C=O) groups is 1. The third kappa shape index (κ3) is 3.29. The van der Waals surface area contributed by atoms with Gasteiger partial charge in [0.2, 0.25) is 0 Å². The SMILES string of the molecule is COc1cccc(C(=O)[C@H]2CC[C@H]3[C@@H]4CC[C@@H]5C[C@](C)(O)CC[C@]5(C)[C@H]4CC[C@]23C)c1. The highest BCUT2D eigenvalue weighted by Crippen LogP contribution is 2.68. The van der Waals surface area contributed by atoms with Crippen LogP contribution in [0.5, 0.6) is 5.75 Å². The van der Waals surface area contributed by atoms with E-state index in [0.29, 0.717) is 23.0 Å². The molecule has 0 saturated heterocycles. The maximum absolute atomic E-state index is 13.6. The molecule has 4 saturated carbocycles. The van der Waals surface area contributed by atoms with Crippen molar-refractivity contribution in [1.29, 1.82) is 0 Å². The lowest BCUT2D eigenvalue weighted by Crippen LogP contribution is -2.55. The van der Waals surface area contributed by atoms with Gasteiger partial charge in [-0.2, -0.15) is 0 Å². The topological polar surface area (TPSA) is 46.5 Å². The van der Waals surface area contributed by atoms with Gasteiger partial charge in [-0.25, -0.2) is 0 Å².